The number of halogens is 1. The number of hydrogen-bond donors (Lipinski definition) is 1. The van der Waals surface area contributed by atoms with Crippen LogP contribution in [0.3, 0.4) is 0 Å². The minimum Gasteiger partial charge on any atom is -0.275 e. The zero-order valence-corrected chi connectivity index (χ0v) is 7.07. The Morgan fingerprint density at radius 1 is 1.60 bits per heavy atom. The number of carbonyl (C=O) groups is 1. The minimum atomic E-state index is -0.114. The topological polar surface area (TPSA) is 46.3 Å². The molecule has 1 aliphatic heterocycles. The molecule has 0 unspecified atom stereocenters. The molecule has 1 amide bonds. The molecule has 2 N–H and O–H groups in total. The van der Waals surface area contributed by atoms with Crippen LogP contribution in [0.5, 0.6) is 0 Å². The van der Waals surface area contributed by atoms with Crippen molar-refractivity contribution in [1.82, 2.24) is 5.01 Å². The molecule has 0 aromatic rings. The summed E-state index contributed by atoms with van der Waals surface area (Å²) in [6, 6.07) is 0. The van der Waals surface area contributed by atoms with Crippen LogP contribution in [-0.2, 0) is 4.79 Å². The number of nitrogens with zero attached hydrogens (tertiary/aromatic N) is 1. The molecule has 0 atom stereocenters. The van der Waals surface area contributed by atoms with E-state index in [4.69, 9.17) is 5.84 Å². The van der Waals surface area contributed by atoms with Crippen LogP contribution in [0, 0.1) is 0 Å². The fourth-order valence-corrected chi connectivity index (χ4v) is 0.991. The molecule has 1 fully saturated rings. The Morgan fingerprint density at radius 3 is 2.20 bits per heavy atom. The Labute approximate surface area is 66.9 Å². The highest BCUT2D eigenvalue weighted by Crippen LogP contribution is 2.25. The van der Waals surface area contributed by atoms with Crippen molar-refractivity contribution >= 4 is 18.3 Å². The van der Waals surface area contributed by atoms with Crippen molar-refractivity contribution in [2.45, 2.75) is 32.2 Å². The molecule has 60 valence electrons. The average Bonchev–Trinajstić information content (AvgIpc) is 1.97. The first-order chi connectivity index (χ1) is 4.04. The molecule has 10 heavy (non-hydrogen) atoms. The van der Waals surface area contributed by atoms with Crippen molar-refractivity contribution in [3.8, 4) is 0 Å². The van der Waals surface area contributed by atoms with Gasteiger partial charge in [0.1, 0.15) is 0 Å². The highest BCUT2D eigenvalue weighted by Gasteiger charge is 2.35. The summed E-state index contributed by atoms with van der Waals surface area (Å²) < 4.78 is 0. The molecule has 1 saturated heterocycles. The lowest BCUT2D eigenvalue weighted by atomic mass is 10.0. The van der Waals surface area contributed by atoms with E-state index in [1.807, 2.05) is 13.8 Å². The Hall–Kier alpha value is -0.280. The lowest BCUT2D eigenvalue weighted by molar-refractivity contribution is -0.130. The van der Waals surface area contributed by atoms with Crippen LogP contribution in [0.1, 0.15) is 26.7 Å². The first-order valence-electron chi connectivity index (χ1n) is 3.12. The van der Waals surface area contributed by atoms with Crippen molar-refractivity contribution in [3.05, 3.63) is 0 Å². The van der Waals surface area contributed by atoms with E-state index in [9.17, 15) is 4.79 Å². The average molecular weight is 165 g/mol. The molecule has 0 aromatic heterocycles. The summed E-state index contributed by atoms with van der Waals surface area (Å²) in [6.07, 6.45) is 1.48. The van der Waals surface area contributed by atoms with E-state index < -0.39 is 0 Å². The maximum absolute atomic E-state index is 10.8. The molecule has 0 bridgehead atoms. The van der Waals surface area contributed by atoms with Gasteiger partial charge in [0, 0.05) is 6.42 Å². The monoisotopic (exact) mass is 164 g/mol. The van der Waals surface area contributed by atoms with Gasteiger partial charge in [0.15, 0.2) is 0 Å². The SMILES string of the molecule is CC1(C)CCC(=O)N1N.Cl. The number of nitrogens with two attached hydrogens (primary N) is 1. The van der Waals surface area contributed by atoms with Crippen molar-refractivity contribution in [2.24, 2.45) is 5.84 Å². The minimum absolute atomic E-state index is 0. The number of carbonyl (C=O) groups excluding carboxylic acids is 1. The summed E-state index contributed by atoms with van der Waals surface area (Å²) in [5, 5.41) is 1.33. The second-order valence-corrected chi connectivity index (χ2v) is 3.08. The van der Waals surface area contributed by atoms with Gasteiger partial charge in [-0.2, -0.15) is 0 Å². The summed E-state index contributed by atoms with van der Waals surface area (Å²) in [7, 11) is 0. The molecule has 0 aromatic carbocycles. The zero-order chi connectivity index (χ0) is 7.07. The Morgan fingerprint density at radius 2 is 2.10 bits per heavy atom. The predicted octanol–water partition coefficient (Wildman–Crippen LogP) is 0.683. The first kappa shape index (κ1) is 9.72. The molecule has 1 aliphatic rings. The van der Waals surface area contributed by atoms with E-state index in [-0.39, 0.29) is 23.9 Å². The number of hydrazine groups is 1. The van der Waals surface area contributed by atoms with Crippen LogP contribution in [0.15, 0.2) is 0 Å². The first-order valence-corrected chi connectivity index (χ1v) is 3.12. The van der Waals surface area contributed by atoms with Gasteiger partial charge >= 0.3 is 0 Å². The van der Waals surface area contributed by atoms with Crippen molar-refractivity contribution in [3.63, 3.8) is 0 Å². The third kappa shape index (κ3) is 1.41. The second-order valence-electron chi connectivity index (χ2n) is 3.08. The zero-order valence-electron chi connectivity index (χ0n) is 6.26. The van der Waals surface area contributed by atoms with Gasteiger partial charge in [0.05, 0.1) is 5.54 Å². The molecule has 4 heteroatoms. The van der Waals surface area contributed by atoms with E-state index >= 15 is 0 Å². The molecule has 1 heterocycles. The molecular weight excluding hydrogens is 152 g/mol. The van der Waals surface area contributed by atoms with Gasteiger partial charge < -0.3 is 0 Å². The third-order valence-electron chi connectivity index (χ3n) is 1.87. The van der Waals surface area contributed by atoms with Crippen molar-refractivity contribution in [1.29, 1.82) is 0 Å². The van der Waals surface area contributed by atoms with Gasteiger partial charge in [-0.25, -0.2) is 5.84 Å². The van der Waals surface area contributed by atoms with E-state index in [0.717, 1.165) is 6.42 Å². The van der Waals surface area contributed by atoms with Crippen LogP contribution in [0.2, 0.25) is 0 Å². The van der Waals surface area contributed by atoms with Gasteiger partial charge in [-0.05, 0) is 20.3 Å². The van der Waals surface area contributed by atoms with Gasteiger partial charge in [-0.1, -0.05) is 0 Å². The Kier molecular flexibility index (Phi) is 2.68. The lowest BCUT2D eigenvalue weighted by Crippen LogP contribution is -2.45. The summed E-state index contributed by atoms with van der Waals surface area (Å²) >= 11 is 0. The summed E-state index contributed by atoms with van der Waals surface area (Å²) in [5.41, 5.74) is -0.114. The molecule has 0 spiro atoms. The number of amides is 1. The molecule has 0 aliphatic carbocycles. The van der Waals surface area contributed by atoms with Gasteiger partial charge in [0.25, 0.3) is 0 Å². The van der Waals surface area contributed by atoms with E-state index in [1.165, 1.54) is 5.01 Å². The largest absolute Gasteiger partial charge is 0.275 e. The van der Waals surface area contributed by atoms with Gasteiger partial charge in [0.2, 0.25) is 5.91 Å². The number of rotatable bonds is 0. The highest BCUT2D eigenvalue weighted by molar-refractivity contribution is 5.85. The van der Waals surface area contributed by atoms with E-state index in [2.05, 4.69) is 0 Å². The standard InChI is InChI=1S/C6H12N2O.ClH/c1-6(2)4-3-5(9)8(6)7;/h3-4,7H2,1-2H3;1H. The van der Waals surface area contributed by atoms with Crippen LogP contribution in [0.25, 0.3) is 0 Å². The molecule has 0 radical (unpaired) electrons. The van der Waals surface area contributed by atoms with E-state index in [0.29, 0.717) is 6.42 Å². The van der Waals surface area contributed by atoms with Gasteiger partial charge in [-0.15, -0.1) is 12.4 Å². The molecule has 1 rings (SSSR count). The maximum Gasteiger partial charge on any atom is 0.237 e. The van der Waals surface area contributed by atoms with Crippen molar-refractivity contribution in [2.75, 3.05) is 0 Å². The smallest absolute Gasteiger partial charge is 0.237 e. The fourth-order valence-electron chi connectivity index (χ4n) is 0.991. The molecule has 3 nitrogen and oxygen atoms in total. The Balaban J connectivity index is 0.000000810. The summed E-state index contributed by atoms with van der Waals surface area (Å²) in [6.45, 7) is 3.94. The third-order valence-corrected chi connectivity index (χ3v) is 1.87. The van der Waals surface area contributed by atoms with Crippen LogP contribution in [-0.4, -0.2) is 16.5 Å². The second kappa shape index (κ2) is 2.76. The highest BCUT2D eigenvalue weighted by atomic mass is 35.5. The van der Waals surface area contributed by atoms with Crippen LogP contribution >= 0.6 is 12.4 Å². The number of hydrogen-bond acceptors (Lipinski definition) is 2. The van der Waals surface area contributed by atoms with Crippen LogP contribution in [0.4, 0.5) is 0 Å². The maximum atomic E-state index is 10.8. The van der Waals surface area contributed by atoms with Crippen LogP contribution < -0.4 is 5.84 Å². The normalized spacial score (nSPS) is 22.7. The predicted molar refractivity (Wildman–Crippen MR) is 41.6 cm³/mol. The van der Waals surface area contributed by atoms with Gasteiger partial charge in [-0.3, -0.25) is 9.80 Å². The van der Waals surface area contributed by atoms with Crippen molar-refractivity contribution < 1.29 is 4.79 Å². The Bertz CT molecular complexity index is 147. The summed E-state index contributed by atoms with van der Waals surface area (Å²) in [5.74, 6) is 5.50. The van der Waals surface area contributed by atoms with E-state index in [1.54, 1.807) is 0 Å². The lowest BCUT2D eigenvalue weighted by Gasteiger charge is -2.26. The molecule has 0 saturated carbocycles. The quantitative estimate of drug-likeness (QED) is 0.423. The fraction of sp³-hybridized carbons (Fsp3) is 0.833. The molecular formula is C6H13ClN2O. The summed E-state index contributed by atoms with van der Waals surface area (Å²) in [4.78, 5) is 10.8.